The molecule has 1 aromatic carbocycles. The Morgan fingerprint density at radius 1 is 1.13 bits per heavy atom. The molecular formula is C24H26N4O2S. The van der Waals surface area contributed by atoms with Crippen molar-refractivity contribution in [2.24, 2.45) is 5.41 Å². The summed E-state index contributed by atoms with van der Waals surface area (Å²) >= 11 is 1.42. The second kappa shape index (κ2) is 7.96. The summed E-state index contributed by atoms with van der Waals surface area (Å²) in [5.41, 5.74) is 1.20. The van der Waals surface area contributed by atoms with Gasteiger partial charge in [0.25, 0.3) is 0 Å². The van der Waals surface area contributed by atoms with Crippen molar-refractivity contribution < 1.29 is 9.53 Å². The Morgan fingerprint density at radius 2 is 1.94 bits per heavy atom. The lowest BCUT2D eigenvalue weighted by atomic mass is 9.70. The van der Waals surface area contributed by atoms with E-state index < -0.39 is 5.41 Å². The summed E-state index contributed by atoms with van der Waals surface area (Å²) in [7, 11) is 0. The Bertz CT molecular complexity index is 1090. The zero-order valence-electron chi connectivity index (χ0n) is 17.8. The van der Waals surface area contributed by atoms with Crippen molar-refractivity contribution in [1.29, 1.82) is 0 Å². The van der Waals surface area contributed by atoms with Crippen molar-refractivity contribution in [3.63, 3.8) is 0 Å². The predicted molar refractivity (Wildman–Crippen MR) is 123 cm³/mol. The Morgan fingerprint density at radius 3 is 2.71 bits per heavy atom. The molecular weight excluding hydrogens is 408 g/mol. The zero-order valence-corrected chi connectivity index (χ0v) is 18.6. The number of thiazole rings is 1. The SMILES string of the molecule is CC(C)(C(=O)Nc1nccs1)[C@H]1c2ccccc2Oc2nc(N3CCCCC3)ccc21. The number of piperidine rings is 1. The number of nitrogens with zero attached hydrogens (tertiary/aromatic N) is 3. The van der Waals surface area contributed by atoms with Crippen LogP contribution in [0.4, 0.5) is 10.9 Å². The monoisotopic (exact) mass is 434 g/mol. The second-order valence-electron chi connectivity index (χ2n) is 8.70. The van der Waals surface area contributed by atoms with Crippen LogP contribution in [0, 0.1) is 5.41 Å². The van der Waals surface area contributed by atoms with Gasteiger partial charge in [-0.2, -0.15) is 4.98 Å². The molecule has 2 aliphatic rings. The Labute approximate surface area is 186 Å². The number of anilines is 2. The Hall–Kier alpha value is -2.93. The average Bonchev–Trinajstić information content (AvgIpc) is 3.30. The van der Waals surface area contributed by atoms with Gasteiger partial charge >= 0.3 is 0 Å². The molecule has 1 N–H and O–H groups in total. The maximum Gasteiger partial charge on any atom is 0.232 e. The van der Waals surface area contributed by atoms with Crippen LogP contribution in [-0.4, -0.2) is 29.0 Å². The highest BCUT2D eigenvalue weighted by Gasteiger charge is 2.44. The van der Waals surface area contributed by atoms with Crippen LogP contribution in [0.5, 0.6) is 11.6 Å². The maximum absolute atomic E-state index is 13.4. The number of amides is 1. The first-order valence-electron chi connectivity index (χ1n) is 10.8. The topological polar surface area (TPSA) is 67.3 Å². The quantitative estimate of drug-likeness (QED) is 0.593. The van der Waals surface area contributed by atoms with Crippen molar-refractivity contribution in [2.45, 2.75) is 39.0 Å². The molecule has 0 unspecified atom stereocenters. The molecule has 2 aromatic heterocycles. The zero-order chi connectivity index (χ0) is 21.4. The highest BCUT2D eigenvalue weighted by molar-refractivity contribution is 7.13. The summed E-state index contributed by atoms with van der Waals surface area (Å²) in [4.78, 5) is 24.8. The minimum atomic E-state index is -0.741. The molecule has 7 heteroatoms. The largest absolute Gasteiger partial charge is 0.438 e. The molecule has 6 nitrogen and oxygen atoms in total. The van der Waals surface area contributed by atoms with Crippen LogP contribution < -0.4 is 15.0 Å². The molecule has 31 heavy (non-hydrogen) atoms. The maximum atomic E-state index is 13.4. The number of ether oxygens (including phenoxy) is 1. The fourth-order valence-electron chi connectivity index (χ4n) is 4.58. The van der Waals surface area contributed by atoms with Gasteiger partial charge in [0, 0.05) is 41.7 Å². The number of carbonyl (C=O) groups excluding carboxylic acids is 1. The molecule has 4 heterocycles. The van der Waals surface area contributed by atoms with Crippen molar-refractivity contribution in [1.82, 2.24) is 9.97 Å². The molecule has 1 atom stereocenters. The molecule has 3 aromatic rings. The van der Waals surface area contributed by atoms with Gasteiger partial charge in [-0.3, -0.25) is 4.79 Å². The lowest BCUT2D eigenvalue weighted by Crippen LogP contribution is -2.38. The van der Waals surface area contributed by atoms with E-state index in [0.29, 0.717) is 11.0 Å². The number of hydrogen-bond donors (Lipinski definition) is 1. The molecule has 0 saturated carbocycles. The van der Waals surface area contributed by atoms with Gasteiger partial charge in [-0.1, -0.05) is 32.0 Å². The van der Waals surface area contributed by atoms with Crippen molar-refractivity contribution >= 4 is 28.2 Å². The van der Waals surface area contributed by atoms with Gasteiger partial charge in [0.15, 0.2) is 5.13 Å². The molecule has 160 valence electrons. The summed E-state index contributed by atoms with van der Waals surface area (Å²) in [5, 5.41) is 5.45. The minimum Gasteiger partial charge on any atom is -0.438 e. The third kappa shape index (κ3) is 3.67. The van der Waals surface area contributed by atoms with Crippen LogP contribution in [-0.2, 0) is 4.79 Å². The molecule has 0 radical (unpaired) electrons. The first kappa shape index (κ1) is 20.0. The van der Waals surface area contributed by atoms with Gasteiger partial charge in [0.1, 0.15) is 11.6 Å². The fraction of sp³-hybridized carbons (Fsp3) is 0.375. The van der Waals surface area contributed by atoms with E-state index in [9.17, 15) is 4.79 Å². The molecule has 1 fully saturated rings. The van der Waals surface area contributed by atoms with E-state index in [-0.39, 0.29) is 11.8 Å². The number of benzene rings is 1. The summed E-state index contributed by atoms with van der Waals surface area (Å²) in [6.07, 6.45) is 5.35. The lowest BCUT2D eigenvalue weighted by Gasteiger charge is -2.38. The number of fused-ring (bicyclic) bond motifs is 2. The first-order valence-corrected chi connectivity index (χ1v) is 11.7. The summed E-state index contributed by atoms with van der Waals surface area (Å²) in [5.74, 6) is 2.05. The lowest BCUT2D eigenvalue weighted by molar-refractivity contribution is -0.124. The third-order valence-electron chi connectivity index (χ3n) is 6.26. The summed E-state index contributed by atoms with van der Waals surface area (Å²) in [6.45, 7) is 6.00. The number of rotatable bonds is 4. The van der Waals surface area contributed by atoms with E-state index in [1.807, 2.05) is 43.5 Å². The van der Waals surface area contributed by atoms with Crippen LogP contribution in [0.2, 0.25) is 0 Å². The molecule has 0 bridgehead atoms. The van der Waals surface area contributed by atoms with E-state index in [1.165, 1.54) is 30.6 Å². The number of aromatic nitrogens is 2. The summed E-state index contributed by atoms with van der Waals surface area (Å²) in [6, 6.07) is 12.1. The second-order valence-corrected chi connectivity index (χ2v) is 9.59. The van der Waals surface area contributed by atoms with Crippen LogP contribution in [0.25, 0.3) is 0 Å². The van der Waals surface area contributed by atoms with Crippen LogP contribution >= 0.6 is 11.3 Å². The number of pyridine rings is 1. The van der Waals surface area contributed by atoms with Gasteiger partial charge in [-0.05, 0) is 37.5 Å². The molecule has 0 spiro atoms. The molecule has 1 amide bonds. The normalized spacial score (nSPS) is 18.0. The molecule has 0 aliphatic carbocycles. The van der Waals surface area contributed by atoms with Crippen LogP contribution in [0.1, 0.15) is 50.2 Å². The van der Waals surface area contributed by atoms with Crippen molar-refractivity contribution in [2.75, 3.05) is 23.3 Å². The minimum absolute atomic E-state index is 0.0739. The van der Waals surface area contributed by atoms with E-state index in [4.69, 9.17) is 9.72 Å². The molecule has 1 saturated heterocycles. The standard InChI is InChI=1S/C24H26N4O2S/c1-24(2,22(29)27-23-25-12-15-31-23)20-16-8-4-5-9-18(16)30-21-17(20)10-11-19(26-21)28-13-6-3-7-14-28/h4-5,8-12,15,20H,3,6-7,13-14H2,1-2H3,(H,25,27,29)/t20-/m0/s1. The van der Waals surface area contributed by atoms with Gasteiger partial charge in [0.05, 0.1) is 5.41 Å². The van der Waals surface area contributed by atoms with E-state index in [2.05, 4.69) is 27.3 Å². The molecule has 5 rings (SSSR count). The van der Waals surface area contributed by atoms with Gasteiger partial charge in [-0.15, -0.1) is 11.3 Å². The summed E-state index contributed by atoms with van der Waals surface area (Å²) < 4.78 is 6.24. The van der Waals surface area contributed by atoms with E-state index >= 15 is 0 Å². The number of hydrogen-bond acceptors (Lipinski definition) is 6. The Kier molecular flexibility index (Phi) is 5.14. The molecule has 2 aliphatic heterocycles. The number of carbonyl (C=O) groups is 1. The van der Waals surface area contributed by atoms with Gasteiger partial charge < -0.3 is 15.0 Å². The highest BCUT2D eigenvalue weighted by atomic mass is 32.1. The number of para-hydroxylation sites is 1. The third-order valence-corrected chi connectivity index (χ3v) is 6.95. The highest BCUT2D eigenvalue weighted by Crippen LogP contribution is 2.52. The van der Waals surface area contributed by atoms with Gasteiger partial charge in [0.2, 0.25) is 11.8 Å². The number of nitrogens with one attached hydrogen (secondary N) is 1. The van der Waals surface area contributed by atoms with Crippen molar-refractivity contribution in [3.8, 4) is 11.6 Å². The van der Waals surface area contributed by atoms with Crippen LogP contribution in [0.15, 0.2) is 48.0 Å². The first-order chi connectivity index (χ1) is 15.0. The van der Waals surface area contributed by atoms with Crippen molar-refractivity contribution in [3.05, 3.63) is 59.1 Å². The van der Waals surface area contributed by atoms with E-state index in [1.54, 1.807) is 6.20 Å². The Balaban J connectivity index is 1.54. The predicted octanol–water partition coefficient (Wildman–Crippen LogP) is 5.43. The van der Waals surface area contributed by atoms with Gasteiger partial charge in [-0.25, -0.2) is 4.98 Å². The average molecular weight is 435 g/mol. The fourth-order valence-corrected chi connectivity index (χ4v) is 5.10. The van der Waals surface area contributed by atoms with E-state index in [0.717, 1.165) is 35.8 Å². The smallest absolute Gasteiger partial charge is 0.232 e. The van der Waals surface area contributed by atoms with Crippen LogP contribution in [0.3, 0.4) is 0 Å².